The Balaban J connectivity index is 1.76. The van der Waals surface area contributed by atoms with Gasteiger partial charge in [0, 0.05) is 12.1 Å². The number of nitrogens with one attached hydrogen (secondary N) is 1. The number of nitrogens with zero attached hydrogens (tertiary/aromatic N) is 1. The molecule has 8 nitrogen and oxygen atoms in total. The molecular formula is C18H17N3O5. The Morgan fingerprint density at radius 3 is 2.12 bits per heavy atom. The van der Waals surface area contributed by atoms with Crippen LogP contribution >= 0.6 is 0 Å². The maximum absolute atomic E-state index is 12.3. The van der Waals surface area contributed by atoms with Crippen molar-refractivity contribution in [2.45, 2.75) is 0 Å². The van der Waals surface area contributed by atoms with Crippen LogP contribution < -0.4 is 20.5 Å². The van der Waals surface area contributed by atoms with Gasteiger partial charge < -0.3 is 20.5 Å². The van der Waals surface area contributed by atoms with Gasteiger partial charge in [0.1, 0.15) is 6.54 Å². The summed E-state index contributed by atoms with van der Waals surface area (Å²) in [5, 5.41) is 2.59. The lowest BCUT2D eigenvalue weighted by atomic mass is 10.1. The second kappa shape index (κ2) is 6.75. The van der Waals surface area contributed by atoms with Crippen LogP contribution in [0.2, 0.25) is 0 Å². The van der Waals surface area contributed by atoms with Crippen molar-refractivity contribution in [1.29, 1.82) is 0 Å². The molecule has 0 unspecified atom stereocenters. The van der Waals surface area contributed by atoms with Crippen molar-refractivity contribution in [3.63, 3.8) is 0 Å². The van der Waals surface area contributed by atoms with Gasteiger partial charge in [-0.3, -0.25) is 19.3 Å². The predicted octanol–water partition coefficient (Wildman–Crippen LogP) is 1.52. The van der Waals surface area contributed by atoms with Crippen LogP contribution in [0.5, 0.6) is 11.5 Å². The van der Waals surface area contributed by atoms with Gasteiger partial charge in [-0.25, -0.2) is 0 Å². The van der Waals surface area contributed by atoms with Crippen LogP contribution in [0.4, 0.5) is 11.4 Å². The molecule has 0 radical (unpaired) electrons. The zero-order valence-electron chi connectivity index (χ0n) is 14.2. The quantitative estimate of drug-likeness (QED) is 0.621. The van der Waals surface area contributed by atoms with Crippen molar-refractivity contribution in [3.8, 4) is 11.5 Å². The Labute approximate surface area is 149 Å². The van der Waals surface area contributed by atoms with E-state index in [-0.39, 0.29) is 16.8 Å². The summed E-state index contributed by atoms with van der Waals surface area (Å²) >= 11 is 0. The lowest BCUT2D eigenvalue weighted by molar-refractivity contribution is -0.116. The summed E-state index contributed by atoms with van der Waals surface area (Å²) in [6, 6.07) is 9.46. The fourth-order valence-corrected chi connectivity index (χ4v) is 2.72. The van der Waals surface area contributed by atoms with Crippen molar-refractivity contribution in [3.05, 3.63) is 47.5 Å². The Hall–Kier alpha value is -3.55. The molecule has 2 aromatic rings. The molecule has 26 heavy (non-hydrogen) atoms. The molecule has 0 atom stereocenters. The third-order valence-electron chi connectivity index (χ3n) is 4.01. The van der Waals surface area contributed by atoms with Gasteiger partial charge in [-0.1, -0.05) is 12.1 Å². The zero-order valence-corrected chi connectivity index (χ0v) is 14.2. The van der Waals surface area contributed by atoms with Crippen LogP contribution in [-0.4, -0.2) is 43.4 Å². The van der Waals surface area contributed by atoms with Gasteiger partial charge in [0.25, 0.3) is 11.8 Å². The van der Waals surface area contributed by atoms with Crippen molar-refractivity contribution in [1.82, 2.24) is 4.90 Å². The molecule has 0 spiro atoms. The standard InChI is InChI=1S/C18H17N3O5/c1-25-14-7-12(19)13(8-15(14)26-2)20-16(22)9-21-17(23)10-5-3-4-6-11(10)18(21)24/h3-8H,9,19H2,1-2H3,(H,20,22). The number of carbonyl (C=O) groups is 3. The molecule has 0 aromatic heterocycles. The number of carbonyl (C=O) groups excluding carboxylic acids is 3. The predicted molar refractivity (Wildman–Crippen MR) is 94.4 cm³/mol. The molecule has 0 bridgehead atoms. The Bertz CT molecular complexity index is 875. The highest BCUT2D eigenvalue weighted by atomic mass is 16.5. The number of fused-ring (bicyclic) bond motifs is 1. The number of benzene rings is 2. The number of nitrogen functional groups attached to an aromatic ring is 1. The van der Waals surface area contributed by atoms with E-state index in [1.807, 2.05) is 0 Å². The maximum Gasteiger partial charge on any atom is 0.262 e. The molecule has 2 aromatic carbocycles. The largest absolute Gasteiger partial charge is 0.493 e. The average molecular weight is 355 g/mol. The van der Waals surface area contributed by atoms with Gasteiger partial charge in [-0.15, -0.1) is 0 Å². The average Bonchev–Trinajstić information content (AvgIpc) is 2.88. The normalized spacial score (nSPS) is 12.8. The number of hydrogen-bond donors (Lipinski definition) is 2. The summed E-state index contributed by atoms with van der Waals surface area (Å²) in [5.41, 5.74) is 7.04. The van der Waals surface area contributed by atoms with E-state index in [1.165, 1.54) is 26.4 Å². The summed E-state index contributed by atoms with van der Waals surface area (Å²) in [6.45, 7) is -0.417. The van der Waals surface area contributed by atoms with Crippen molar-refractivity contribution in [2.24, 2.45) is 0 Å². The lowest BCUT2D eigenvalue weighted by Gasteiger charge is -2.16. The number of imide groups is 1. The van der Waals surface area contributed by atoms with Gasteiger partial charge >= 0.3 is 0 Å². The molecule has 3 amide bonds. The SMILES string of the molecule is COc1cc(N)c(NC(=O)CN2C(=O)c3ccccc3C2=O)cc1OC. The van der Waals surface area contributed by atoms with E-state index in [0.717, 1.165) is 4.90 Å². The minimum absolute atomic E-state index is 0.262. The van der Waals surface area contributed by atoms with Gasteiger partial charge in [0.05, 0.1) is 36.7 Å². The van der Waals surface area contributed by atoms with Crippen LogP contribution in [0.15, 0.2) is 36.4 Å². The Morgan fingerprint density at radius 2 is 1.58 bits per heavy atom. The van der Waals surface area contributed by atoms with Crippen LogP contribution in [0.1, 0.15) is 20.7 Å². The summed E-state index contributed by atoms with van der Waals surface area (Å²) in [5.74, 6) is -0.749. The van der Waals surface area contributed by atoms with Crippen LogP contribution in [0.3, 0.4) is 0 Å². The molecule has 0 saturated carbocycles. The highest BCUT2D eigenvalue weighted by molar-refractivity contribution is 6.22. The van der Waals surface area contributed by atoms with Gasteiger partial charge in [-0.05, 0) is 12.1 Å². The van der Waals surface area contributed by atoms with E-state index < -0.39 is 24.3 Å². The topological polar surface area (TPSA) is 111 Å². The third-order valence-corrected chi connectivity index (χ3v) is 4.01. The van der Waals surface area contributed by atoms with E-state index in [2.05, 4.69) is 5.32 Å². The van der Waals surface area contributed by atoms with Gasteiger partial charge in [0.2, 0.25) is 5.91 Å². The number of amides is 3. The number of nitrogens with two attached hydrogens (primary N) is 1. The van der Waals surface area contributed by atoms with Crippen LogP contribution in [-0.2, 0) is 4.79 Å². The fraction of sp³-hybridized carbons (Fsp3) is 0.167. The highest BCUT2D eigenvalue weighted by Gasteiger charge is 2.36. The first-order valence-corrected chi connectivity index (χ1v) is 7.72. The lowest BCUT2D eigenvalue weighted by Crippen LogP contribution is -2.37. The Morgan fingerprint density at radius 1 is 1.04 bits per heavy atom. The van der Waals surface area contributed by atoms with Crippen molar-refractivity contribution < 1.29 is 23.9 Å². The fourth-order valence-electron chi connectivity index (χ4n) is 2.72. The number of methoxy groups -OCH3 is 2. The first-order chi connectivity index (χ1) is 12.5. The van der Waals surface area contributed by atoms with E-state index in [1.54, 1.807) is 24.3 Å². The van der Waals surface area contributed by atoms with E-state index >= 15 is 0 Å². The smallest absolute Gasteiger partial charge is 0.262 e. The molecule has 1 aliphatic rings. The second-order valence-electron chi connectivity index (χ2n) is 5.58. The number of hydrogen-bond acceptors (Lipinski definition) is 6. The molecule has 3 rings (SSSR count). The highest BCUT2D eigenvalue weighted by Crippen LogP contribution is 2.34. The number of ether oxygens (including phenoxy) is 2. The van der Waals surface area contributed by atoms with Crippen LogP contribution in [0, 0.1) is 0 Å². The summed E-state index contributed by atoms with van der Waals surface area (Å²) < 4.78 is 10.3. The molecule has 134 valence electrons. The molecule has 0 saturated heterocycles. The number of anilines is 2. The molecule has 1 heterocycles. The van der Waals surface area contributed by atoms with Crippen molar-refractivity contribution >= 4 is 29.1 Å². The minimum Gasteiger partial charge on any atom is -0.493 e. The molecule has 0 fully saturated rings. The first kappa shape index (κ1) is 17.3. The van der Waals surface area contributed by atoms with E-state index in [9.17, 15) is 14.4 Å². The first-order valence-electron chi connectivity index (χ1n) is 7.72. The molecule has 0 aliphatic carbocycles. The minimum atomic E-state index is -0.557. The monoisotopic (exact) mass is 355 g/mol. The van der Waals surface area contributed by atoms with Crippen molar-refractivity contribution in [2.75, 3.05) is 31.8 Å². The molecule has 1 aliphatic heterocycles. The maximum atomic E-state index is 12.3. The zero-order chi connectivity index (χ0) is 18.8. The van der Waals surface area contributed by atoms with Gasteiger partial charge in [-0.2, -0.15) is 0 Å². The second-order valence-corrected chi connectivity index (χ2v) is 5.58. The van der Waals surface area contributed by atoms with E-state index in [4.69, 9.17) is 15.2 Å². The Kier molecular flexibility index (Phi) is 4.49. The molecular weight excluding hydrogens is 338 g/mol. The number of rotatable bonds is 5. The van der Waals surface area contributed by atoms with E-state index in [0.29, 0.717) is 17.2 Å². The molecule has 3 N–H and O–H groups in total. The summed E-state index contributed by atoms with van der Waals surface area (Å²) in [6.07, 6.45) is 0. The summed E-state index contributed by atoms with van der Waals surface area (Å²) in [4.78, 5) is 37.9. The molecule has 8 heteroatoms. The van der Waals surface area contributed by atoms with Gasteiger partial charge in [0.15, 0.2) is 11.5 Å². The third kappa shape index (κ3) is 2.92. The summed E-state index contributed by atoms with van der Waals surface area (Å²) in [7, 11) is 2.93. The van der Waals surface area contributed by atoms with Crippen LogP contribution in [0.25, 0.3) is 0 Å².